The van der Waals surface area contributed by atoms with E-state index in [0.29, 0.717) is 0 Å². The van der Waals surface area contributed by atoms with Gasteiger partial charge in [0, 0.05) is 27.2 Å². The molecule has 0 spiro atoms. The lowest BCUT2D eigenvalue weighted by molar-refractivity contribution is 1.09. The molecule has 10 aromatic carbocycles. The van der Waals surface area contributed by atoms with Crippen molar-refractivity contribution in [3.8, 4) is 17.1 Å². The quantitative estimate of drug-likeness (QED) is 0.116. The minimum Gasteiger partial charge on any atom is -0.307 e. The Bertz CT molecular complexity index is 4070. The predicted molar refractivity (Wildman–Crippen MR) is 282 cm³/mol. The van der Waals surface area contributed by atoms with E-state index in [9.17, 15) is 0 Å². The number of benzene rings is 10. The Kier molecular flexibility index (Phi) is 8.23. The number of hydrogen-bond donors (Lipinski definition) is 0. The molecule has 0 atom stereocenters. The topological polar surface area (TPSA) is 32.1 Å². The summed E-state index contributed by atoms with van der Waals surface area (Å²) in [5.74, 6) is 0.899. The summed E-state index contributed by atoms with van der Waals surface area (Å²) in [6.07, 6.45) is 0. The zero-order chi connectivity index (χ0) is 44.1. The van der Waals surface area contributed by atoms with E-state index >= 15 is 0 Å². The lowest BCUT2D eigenvalue weighted by Crippen LogP contribution is -2.74. The number of para-hydroxylation sites is 7. The number of fused-ring (bicyclic) bond motifs is 11. The van der Waals surface area contributed by atoms with Crippen LogP contribution >= 0.6 is 0 Å². The van der Waals surface area contributed by atoms with Crippen molar-refractivity contribution in [3.63, 3.8) is 0 Å². The van der Waals surface area contributed by atoms with Gasteiger partial charge in [-0.2, -0.15) is 0 Å². The van der Waals surface area contributed by atoms with Crippen LogP contribution in [0, 0.1) is 0 Å². The van der Waals surface area contributed by atoms with Gasteiger partial charge in [-0.15, -0.1) is 0 Å². The number of hydrogen-bond acceptors (Lipinski definition) is 1. The molecule has 14 rings (SSSR count). The maximum Gasteiger partial charge on any atom is 0.220 e. The number of rotatable bonds is 7. The van der Waals surface area contributed by atoms with Crippen LogP contribution in [-0.4, -0.2) is 31.2 Å². The Hall–Kier alpha value is -8.71. The minimum atomic E-state index is -2.94. The summed E-state index contributed by atoms with van der Waals surface area (Å²) in [4.78, 5) is 5.24. The molecule has 6 heteroatoms. The summed E-state index contributed by atoms with van der Waals surface area (Å²) in [5.41, 5.74) is 12.3. The van der Waals surface area contributed by atoms with Crippen molar-refractivity contribution in [2.45, 2.75) is 0 Å². The average molecular weight is 872 g/mol. The van der Waals surface area contributed by atoms with Crippen LogP contribution in [0.3, 0.4) is 0 Å². The number of aromatic nitrogens is 5. The Balaban J connectivity index is 1.11. The van der Waals surface area contributed by atoms with E-state index in [1.807, 2.05) is 0 Å². The maximum atomic E-state index is 5.24. The van der Waals surface area contributed by atoms with Gasteiger partial charge in [0.2, 0.25) is 5.78 Å². The first-order chi connectivity index (χ1) is 33.3. The first-order valence-corrected chi connectivity index (χ1v) is 25.0. The average Bonchev–Trinajstić information content (AvgIpc) is 4.13. The van der Waals surface area contributed by atoms with Crippen LogP contribution in [0.2, 0.25) is 0 Å². The van der Waals surface area contributed by atoms with Crippen molar-refractivity contribution in [1.29, 1.82) is 0 Å². The molecular formula is C61H41N5Si. The van der Waals surface area contributed by atoms with Gasteiger partial charge in [-0.1, -0.05) is 176 Å². The van der Waals surface area contributed by atoms with E-state index in [1.165, 1.54) is 53.3 Å². The molecule has 0 radical (unpaired) electrons. The summed E-state index contributed by atoms with van der Waals surface area (Å²) >= 11 is 0. The second-order valence-electron chi connectivity index (χ2n) is 17.5. The Morgan fingerprint density at radius 1 is 0.284 bits per heavy atom. The third kappa shape index (κ3) is 5.39. The Morgan fingerprint density at radius 3 is 1.31 bits per heavy atom. The van der Waals surface area contributed by atoms with Gasteiger partial charge in [0.1, 0.15) is 0 Å². The fourth-order valence-electron chi connectivity index (χ4n) is 11.3. The molecule has 67 heavy (non-hydrogen) atoms. The zero-order valence-corrected chi connectivity index (χ0v) is 37.4. The Labute approximate surface area is 387 Å². The van der Waals surface area contributed by atoms with E-state index in [4.69, 9.17) is 4.98 Å². The van der Waals surface area contributed by atoms with Gasteiger partial charge in [0.05, 0.1) is 55.5 Å². The van der Waals surface area contributed by atoms with E-state index in [2.05, 4.69) is 267 Å². The van der Waals surface area contributed by atoms with Crippen molar-refractivity contribution >= 4 is 100 Å². The van der Waals surface area contributed by atoms with Gasteiger partial charge in [0.15, 0.2) is 8.07 Å². The fourth-order valence-corrected chi connectivity index (χ4v) is 16.1. The first-order valence-electron chi connectivity index (χ1n) is 23.0. The highest BCUT2D eigenvalue weighted by atomic mass is 28.3. The van der Waals surface area contributed by atoms with Gasteiger partial charge in [-0.3, -0.25) is 8.97 Å². The van der Waals surface area contributed by atoms with E-state index in [0.717, 1.165) is 55.9 Å². The lowest BCUT2D eigenvalue weighted by Gasteiger charge is -2.35. The number of nitrogens with zero attached hydrogens (tertiary/aromatic N) is 5. The van der Waals surface area contributed by atoms with Crippen LogP contribution in [0.4, 0.5) is 0 Å². The Morgan fingerprint density at radius 2 is 0.731 bits per heavy atom. The molecule has 0 unspecified atom stereocenters. The van der Waals surface area contributed by atoms with E-state index < -0.39 is 8.07 Å². The van der Waals surface area contributed by atoms with Crippen molar-refractivity contribution < 1.29 is 0 Å². The van der Waals surface area contributed by atoms with Crippen LogP contribution in [0.5, 0.6) is 0 Å². The fraction of sp³-hybridized carbons (Fsp3) is 0. The molecule has 0 saturated heterocycles. The zero-order valence-electron chi connectivity index (χ0n) is 36.4. The van der Waals surface area contributed by atoms with Crippen LogP contribution in [0.25, 0.3) is 88.5 Å². The normalized spacial score (nSPS) is 12.2. The number of imidazole rings is 2. The molecule has 0 aliphatic rings. The molecule has 0 aliphatic carbocycles. The molecule has 4 heterocycles. The predicted octanol–water partition coefficient (Wildman–Crippen LogP) is 12.0. The van der Waals surface area contributed by atoms with Gasteiger partial charge in [-0.25, -0.2) is 4.98 Å². The lowest BCUT2D eigenvalue weighted by atomic mass is 10.1. The molecule has 14 aromatic rings. The molecule has 0 fully saturated rings. The van der Waals surface area contributed by atoms with Gasteiger partial charge >= 0.3 is 0 Å². The second kappa shape index (κ2) is 14.7. The molecule has 314 valence electrons. The monoisotopic (exact) mass is 871 g/mol. The molecule has 0 aliphatic heterocycles. The summed E-state index contributed by atoms with van der Waals surface area (Å²) in [6.45, 7) is 0. The van der Waals surface area contributed by atoms with Crippen LogP contribution in [0.1, 0.15) is 0 Å². The molecule has 0 amide bonds. The minimum absolute atomic E-state index is 0.899. The standard InChI is InChI=1S/C61H41N5Si/c1-4-20-43(21-5-1)67(44-22-6-2-7-23-44,45-24-8-3-9-25-45)46-37-39-59(64-52-30-14-10-26-47(52)48-27-11-15-31-53(48)64)60(41-46)65-54-32-16-12-28-49(54)50-40-42(36-38-55(50)65)63-57-34-18-19-35-58(57)66-56-33-17-13-29-51(56)62-61(63)66/h1-41H. The summed E-state index contributed by atoms with van der Waals surface area (Å²) in [7, 11) is -2.94. The summed E-state index contributed by atoms with van der Waals surface area (Å²) in [6, 6.07) is 91.8. The first kappa shape index (κ1) is 37.6. The van der Waals surface area contributed by atoms with Gasteiger partial charge < -0.3 is 9.13 Å². The molecule has 0 saturated carbocycles. The van der Waals surface area contributed by atoms with Gasteiger partial charge in [-0.05, 0) is 93.5 Å². The highest BCUT2D eigenvalue weighted by molar-refractivity contribution is 7.19. The van der Waals surface area contributed by atoms with Crippen molar-refractivity contribution in [1.82, 2.24) is 23.1 Å². The van der Waals surface area contributed by atoms with Crippen LogP contribution < -0.4 is 20.7 Å². The van der Waals surface area contributed by atoms with E-state index in [1.54, 1.807) is 0 Å². The van der Waals surface area contributed by atoms with Crippen LogP contribution in [0.15, 0.2) is 249 Å². The van der Waals surface area contributed by atoms with Crippen molar-refractivity contribution in [3.05, 3.63) is 249 Å². The molecule has 0 N–H and O–H groups in total. The molecule has 0 bridgehead atoms. The van der Waals surface area contributed by atoms with Crippen molar-refractivity contribution in [2.75, 3.05) is 0 Å². The largest absolute Gasteiger partial charge is 0.307 e. The third-order valence-electron chi connectivity index (χ3n) is 14.1. The summed E-state index contributed by atoms with van der Waals surface area (Å²) < 4.78 is 9.64. The highest BCUT2D eigenvalue weighted by Gasteiger charge is 2.42. The molecular weight excluding hydrogens is 831 g/mol. The van der Waals surface area contributed by atoms with Crippen LogP contribution in [-0.2, 0) is 0 Å². The van der Waals surface area contributed by atoms with E-state index in [-0.39, 0.29) is 0 Å². The SMILES string of the molecule is c1ccc([Si](c2ccccc2)(c2ccccc2)c2ccc(-n3c4ccccc4c4ccccc43)c(-n3c4ccccc4c4cc(-n5c6ccccc6n6c7ccccc7nc56)ccc43)c2)cc1. The summed E-state index contributed by atoms with van der Waals surface area (Å²) in [5, 5.41) is 10.2. The highest BCUT2D eigenvalue weighted by Crippen LogP contribution is 2.40. The molecule has 4 aromatic heterocycles. The van der Waals surface area contributed by atoms with Crippen molar-refractivity contribution in [2.24, 2.45) is 0 Å². The van der Waals surface area contributed by atoms with Gasteiger partial charge in [0.25, 0.3) is 0 Å². The second-order valence-corrected chi connectivity index (χ2v) is 21.3. The third-order valence-corrected chi connectivity index (χ3v) is 18.9. The maximum absolute atomic E-state index is 5.24. The molecule has 5 nitrogen and oxygen atoms in total. The smallest absolute Gasteiger partial charge is 0.220 e.